The molecule has 0 saturated heterocycles. The summed E-state index contributed by atoms with van der Waals surface area (Å²) in [5.74, 6) is -2.19. The summed E-state index contributed by atoms with van der Waals surface area (Å²) in [6.07, 6.45) is 3.38. The molecule has 0 fully saturated rings. The molecular weight excluding hydrogens is 353 g/mol. The number of thioether (sulfide) groups is 1. The van der Waals surface area contributed by atoms with Gasteiger partial charge in [-0.3, -0.25) is 4.79 Å². The lowest BCUT2D eigenvalue weighted by atomic mass is 10.0. The van der Waals surface area contributed by atoms with E-state index in [1.54, 1.807) is 17.8 Å². The number of carbonyl (C=O) groups excluding carboxylic acids is 1. The van der Waals surface area contributed by atoms with E-state index in [1.165, 1.54) is 12.1 Å². The lowest BCUT2D eigenvalue weighted by Gasteiger charge is -2.10. The minimum absolute atomic E-state index is 0.0450. The van der Waals surface area contributed by atoms with Crippen LogP contribution in [0.1, 0.15) is 19.3 Å². The number of carboxylic acid groups (broad SMARTS) is 1. The molecular formula is C20H18FNO3S. The van der Waals surface area contributed by atoms with Crippen molar-refractivity contribution in [1.82, 2.24) is 0 Å². The predicted octanol–water partition coefficient (Wildman–Crippen LogP) is 4.72. The van der Waals surface area contributed by atoms with Crippen molar-refractivity contribution in [3.8, 4) is 11.1 Å². The highest BCUT2D eigenvalue weighted by molar-refractivity contribution is 7.98. The van der Waals surface area contributed by atoms with Gasteiger partial charge in [0.15, 0.2) is 0 Å². The number of anilines is 1. The molecule has 2 aromatic rings. The molecule has 0 atom stereocenters. The third-order valence-electron chi connectivity index (χ3n) is 4.39. The molecule has 0 bridgehead atoms. The van der Waals surface area contributed by atoms with Crippen molar-refractivity contribution in [1.29, 1.82) is 0 Å². The Balaban J connectivity index is 1.80. The fourth-order valence-electron chi connectivity index (χ4n) is 3.01. The molecule has 26 heavy (non-hydrogen) atoms. The van der Waals surface area contributed by atoms with Gasteiger partial charge in [0.1, 0.15) is 5.82 Å². The summed E-state index contributed by atoms with van der Waals surface area (Å²) in [6, 6.07) is 12.4. The number of carboxylic acids is 1. The lowest BCUT2D eigenvalue weighted by Crippen LogP contribution is -2.17. The summed E-state index contributed by atoms with van der Waals surface area (Å²) in [6.45, 7) is 0. The number of halogens is 1. The topological polar surface area (TPSA) is 66.4 Å². The van der Waals surface area contributed by atoms with Crippen molar-refractivity contribution >= 4 is 29.3 Å². The largest absolute Gasteiger partial charge is 0.478 e. The molecule has 0 spiro atoms. The highest BCUT2D eigenvalue weighted by Crippen LogP contribution is 2.29. The normalized spacial score (nSPS) is 13.8. The van der Waals surface area contributed by atoms with Crippen LogP contribution in [0.25, 0.3) is 11.1 Å². The van der Waals surface area contributed by atoms with Crippen molar-refractivity contribution in [2.75, 3.05) is 11.6 Å². The Morgan fingerprint density at radius 2 is 1.69 bits per heavy atom. The van der Waals surface area contributed by atoms with Gasteiger partial charge in [-0.2, -0.15) is 0 Å². The molecule has 4 nitrogen and oxygen atoms in total. The van der Waals surface area contributed by atoms with Crippen molar-refractivity contribution in [3.05, 3.63) is 59.4 Å². The summed E-state index contributed by atoms with van der Waals surface area (Å²) >= 11 is 1.63. The molecule has 3 rings (SSSR count). The number of hydrogen-bond donors (Lipinski definition) is 2. The van der Waals surface area contributed by atoms with Gasteiger partial charge in [0.05, 0.1) is 5.69 Å². The summed E-state index contributed by atoms with van der Waals surface area (Å²) in [5.41, 5.74) is 1.98. The maximum absolute atomic E-state index is 14.4. The van der Waals surface area contributed by atoms with Crippen molar-refractivity contribution in [3.63, 3.8) is 0 Å². The van der Waals surface area contributed by atoms with Gasteiger partial charge in [0, 0.05) is 16.0 Å². The quantitative estimate of drug-likeness (QED) is 0.747. The van der Waals surface area contributed by atoms with Gasteiger partial charge < -0.3 is 10.4 Å². The van der Waals surface area contributed by atoms with E-state index in [1.807, 2.05) is 30.5 Å². The molecule has 2 N–H and O–H groups in total. The van der Waals surface area contributed by atoms with E-state index in [-0.39, 0.29) is 16.8 Å². The third kappa shape index (κ3) is 3.80. The van der Waals surface area contributed by atoms with Crippen LogP contribution < -0.4 is 5.32 Å². The van der Waals surface area contributed by atoms with Crippen LogP contribution in [0.4, 0.5) is 10.1 Å². The second-order valence-corrected chi connectivity index (χ2v) is 6.87. The highest BCUT2D eigenvalue weighted by atomic mass is 32.2. The summed E-state index contributed by atoms with van der Waals surface area (Å²) < 4.78 is 14.4. The third-order valence-corrected chi connectivity index (χ3v) is 5.13. The highest BCUT2D eigenvalue weighted by Gasteiger charge is 2.25. The second-order valence-electron chi connectivity index (χ2n) is 5.99. The molecule has 1 aliphatic rings. The van der Waals surface area contributed by atoms with E-state index in [2.05, 4.69) is 5.32 Å². The van der Waals surface area contributed by atoms with E-state index in [4.69, 9.17) is 5.11 Å². The number of rotatable bonds is 5. The number of carbonyl (C=O) groups is 2. The zero-order chi connectivity index (χ0) is 18.7. The van der Waals surface area contributed by atoms with Crippen molar-refractivity contribution in [2.45, 2.75) is 24.2 Å². The Hall–Kier alpha value is -2.60. The summed E-state index contributed by atoms with van der Waals surface area (Å²) in [7, 11) is 0. The lowest BCUT2D eigenvalue weighted by molar-refractivity contribution is -0.133. The van der Waals surface area contributed by atoms with Gasteiger partial charge >= 0.3 is 5.97 Å². The Bertz CT molecular complexity index is 890. The first-order valence-corrected chi connectivity index (χ1v) is 9.42. The number of amides is 1. The average molecular weight is 371 g/mol. The Labute approximate surface area is 155 Å². The zero-order valence-electron chi connectivity index (χ0n) is 14.2. The first-order valence-electron chi connectivity index (χ1n) is 8.20. The fourth-order valence-corrected chi connectivity index (χ4v) is 3.42. The van der Waals surface area contributed by atoms with Gasteiger partial charge in [-0.25, -0.2) is 9.18 Å². The summed E-state index contributed by atoms with van der Waals surface area (Å²) in [4.78, 5) is 24.6. The summed E-state index contributed by atoms with van der Waals surface area (Å²) in [5, 5.41) is 11.6. The average Bonchev–Trinajstić information content (AvgIpc) is 3.14. The molecule has 2 aromatic carbocycles. The monoisotopic (exact) mass is 371 g/mol. The first-order chi connectivity index (χ1) is 12.5. The van der Waals surface area contributed by atoms with Crippen LogP contribution in [0.3, 0.4) is 0 Å². The molecule has 0 unspecified atom stereocenters. The molecule has 6 heteroatoms. The molecule has 0 heterocycles. The van der Waals surface area contributed by atoms with E-state index in [9.17, 15) is 14.0 Å². The predicted molar refractivity (Wildman–Crippen MR) is 101 cm³/mol. The zero-order valence-corrected chi connectivity index (χ0v) is 15.0. The van der Waals surface area contributed by atoms with Gasteiger partial charge in [-0.05, 0) is 60.9 Å². The van der Waals surface area contributed by atoms with Crippen LogP contribution in [-0.2, 0) is 9.59 Å². The van der Waals surface area contributed by atoms with Crippen LogP contribution >= 0.6 is 11.8 Å². The Morgan fingerprint density at radius 3 is 2.31 bits per heavy atom. The minimum atomic E-state index is -1.09. The number of aliphatic carboxylic acids is 1. The minimum Gasteiger partial charge on any atom is -0.478 e. The molecule has 0 saturated carbocycles. The Morgan fingerprint density at radius 1 is 1.04 bits per heavy atom. The molecule has 0 radical (unpaired) electrons. The maximum atomic E-state index is 14.4. The standard InChI is InChI=1S/C20H18FNO3S/c1-26-14-8-5-12(6-9-14)13-7-10-18(17(21)11-13)22-19(23)15-3-2-4-16(15)20(24)25/h5-11H,2-4H2,1H3,(H,22,23)(H,24,25). The van der Waals surface area contributed by atoms with E-state index in [0.29, 0.717) is 24.8 Å². The molecule has 0 aromatic heterocycles. The van der Waals surface area contributed by atoms with Crippen LogP contribution in [-0.4, -0.2) is 23.2 Å². The van der Waals surface area contributed by atoms with Crippen LogP contribution in [0.2, 0.25) is 0 Å². The molecule has 0 aliphatic heterocycles. The van der Waals surface area contributed by atoms with Gasteiger partial charge in [0.2, 0.25) is 0 Å². The van der Waals surface area contributed by atoms with Gasteiger partial charge in [0.25, 0.3) is 5.91 Å². The van der Waals surface area contributed by atoms with Gasteiger partial charge in [-0.15, -0.1) is 11.8 Å². The smallest absolute Gasteiger partial charge is 0.332 e. The molecule has 134 valence electrons. The van der Waals surface area contributed by atoms with Crippen LogP contribution in [0, 0.1) is 5.82 Å². The van der Waals surface area contributed by atoms with E-state index >= 15 is 0 Å². The Kier molecular flexibility index (Phi) is 5.42. The first kappa shape index (κ1) is 18.2. The van der Waals surface area contributed by atoms with E-state index < -0.39 is 17.7 Å². The number of nitrogens with one attached hydrogen (secondary N) is 1. The van der Waals surface area contributed by atoms with Crippen LogP contribution in [0.15, 0.2) is 58.5 Å². The fraction of sp³-hybridized carbons (Fsp3) is 0.200. The van der Waals surface area contributed by atoms with Crippen molar-refractivity contribution < 1.29 is 19.1 Å². The number of benzene rings is 2. The number of hydrogen-bond acceptors (Lipinski definition) is 3. The van der Waals surface area contributed by atoms with Gasteiger partial charge in [-0.1, -0.05) is 18.2 Å². The maximum Gasteiger partial charge on any atom is 0.332 e. The van der Waals surface area contributed by atoms with Crippen molar-refractivity contribution in [2.24, 2.45) is 0 Å². The SMILES string of the molecule is CSc1ccc(-c2ccc(NC(=O)C3=C(C(=O)O)CCC3)c(F)c2)cc1. The van der Waals surface area contributed by atoms with Crippen LogP contribution in [0.5, 0.6) is 0 Å². The second kappa shape index (κ2) is 7.74. The van der Waals surface area contributed by atoms with E-state index in [0.717, 1.165) is 10.5 Å². The molecule has 1 aliphatic carbocycles. The molecule has 1 amide bonds.